The highest BCUT2D eigenvalue weighted by molar-refractivity contribution is 5.82. The Morgan fingerprint density at radius 1 is 0.821 bits per heavy atom. The Balaban J connectivity index is 1.78. The second-order valence-electron chi connectivity index (χ2n) is 8.92. The number of hydrogen-bond acceptors (Lipinski definition) is 5. The zero-order valence-corrected chi connectivity index (χ0v) is 22.2. The van der Waals surface area contributed by atoms with E-state index in [1.807, 2.05) is 60.7 Å². The molecule has 0 bridgehead atoms. The minimum absolute atomic E-state index is 0.334. The zero-order chi connectivity index (χ0) is 28.3. The average molecular weight is 543 g/mol. The lowest BCUT2D eigenvalue weighted by Gasteiger charge is -2.33. The van der Waals surface area contributed by atoms with Gasteiger partial charge in [-0.05, 0) is 61.1 Å². The van der Waals surface area contributed by atoms with Crippen molar-refractivity contribution in [1.29, 1.82) is 0 Å². The molecule has 5 nitrogen and oxygen atoms in total. The second kappa shape index (κ2) is 13.8. The lowest BCUT2D eigenvalue weighted by Crippen LogP contribution is -2.52. The van der Waals surface area contributed by atoms with Gasteiger partial charge in [0.1, 0.15) is 17.6 Å². The van der Waals surface area contributed by atoms with Gasteiger partial charge >= 0.3 is 12.1 Å². The van der Waals surface area contributed by atoms with E-state index in [9.17, 15) is 18.0 Å². The molecule has 3 aromatic carbocycles. The van der Waals surface area contributed by atoms with Gasteiger partial charge in [-0.15, -0.1) is 0 Å². The van der Waals surface area contributed by atoms with Crippen LogP contribution in [-0.4, -0.2) is 39.6 Å². The Morgan fingerprint density at radius 2 is 1.41 bits per heavy atom. The van der Waals surface area contributed by atoms with Crippen molar-refractivity contribution in [3.8, 4) is 11.5 Å². The van der Waals surface area contributed by atoms with Crippen molar-refractivity contribution in [2.45, 2.75) is 43.6 Å². The molecule has 0 saturated heterocycles. The molecule has 0 unspecified atom stereocenters. The Morgan fingerprint density at radius 3 is 1.95 bits per heavy atom. The summed E-state index contributed by atoms with van der Waals surface area (Å²) in [5, 5.41) is 0. The van der Waals surface area contributed by atoms with Gasteiger partial charge in [0.2, 0.25) is 0 Å². The first kappa shape index (κ1) is 29.8. The van der Waals surface area contributed by atoms with Gasteiger partial charge < -0.3 is 18.9 Å². The van der Waals surface area contributed by atoms with Gasteiger partial charge in [0, 0.05) is 12.7 Å². The number of methoxy groups -OCH3 is 3. The number of carbonyl (C=O) groups is 1. The van der Waals surface area contributed by atoms with Crippen LogP contribution in [0.2, 0.25) is 0 Å². The number of benzene rings is 3. The molecule has 0 aliphatic rings. The van der Waals surface area contributed by atoms with Crippen molar-refractivity contribution < 1.29 is 36.9 Å². The van der Waals surface area contributed by atoms with Crippen molar-refractivity contribution in [1.82, 2.24) is 0 Å². The molecule has 0 aliphatic carbocycles. The van der Waals surface area contributed by atoms with Crippen molar-refractivity contribution >= 4 is 12.0 Å². The number of rotatable bonds is 13. The van der Waals surface area contributed by atoms with Crippen LogP contribution in [0.15, 0.2) is 84.9 Å². The third kappa shape index (κ3) is 7.63. The smallest absolute Gasteiger partial charge is 0.432 e. The van der Waals surface area contributed by atoms with E-state index < -0.39 is 23.9 Å². The summed E-state index contributed by atoms with van der Waals surface area (Å²) < 4.78 is 64.0. The minimum atomic E-state index is -5.03. The Hall–Kier alpha value is -3.78. The molecule has 3 rings (SSSR count). The highest BCUT2D eigenvalue weighted by Crippen LogP contribution is 2.43. The number of halogens is 3. The maximum absolute atomic E-state index is 14.4. The molecule has 0 aromatic heterocycles. The molecule has 0 saturated carbocycles. The molecule has 0 heterocycles. The second-order valence-corrected chi connectivity index (χ2v) is 8.92. The number of hydrogen-bond donors (Lipinski definition) is 0. The van der Waals surface area contributed by atoms with Gasteiger partial charge in [-0.3, -0.25) is 0 Å². The molecule has 2 atom stereocenters. The molecule has 0 fully saturated rings. The maximum atomic E-state index is 14.4. The van der Waals surface area contributed by atoms with Crippen LogP contribution < -0.4 is 9.47 Å². The summed E-state index contributed by atoms with van der Waals surface area (Å²) in [4.78, 5) is 13.2. The van der Waals surface area contributed by atoms with Crippen LogP contribution in [0.3, 0.4) is 0 Å². The summed E-state index contributed by atoms with van der Waals surface area (Å²) in [7, 11) is 4.03. The lowest BCUT2D eigenvalue weighted by atomic mass is 9.92. The van der Waals surface area contributed by atoms with Gasteiger partial charge in [0.05, 0.1) is 14.2 Å². The zero-order valence-electron chi connectivity index (χ0n) is 22.2. The molecule has 39 heavy (non-hydrogen) atoms. The molecule has 0 amide bonds. The Kier molecular flexibility index (Phi) is 10.6. The lowest BCUT2D eigenvalue weighted by molar-refractivity contribution is -0.278. The van der Waals surface area contributed by atoms with Crippen molar-refractivity contribution in [2.75, 3.05) is 21.3 Å². The van der Waals surface area contributed by atoms with E-state index in [0.717, 1.165) is 24.0 Å². The molecular weight excluding hydrogens is 509 g/mol. The van der Waals surface area contributed by atoms with Gasteiger partial charge in [-0.2, -0.15) is 13.2 Å². The van der Waals surface area contributed by atoms with Crippen molar-refractivity contribution in [3.63, 3.8) is 0 Å². The van der Waals surface area contributed by atoms with Crippen LogP contribution in [0.25, 0.3) is 6.08 Å². The number of alkyl halides is 3. The average Bonchev–Trinajstić information content (AvgIpc) is 2.95. The number of carbonyl (C=O) groups excluding carboxylic acids is 1. The van der Waals surface area contributed by atoms with Crippen LogP contribution in [-0.2, 0) is 26.3 Å². The summed E-state index contributed by atoms with van der Waals surface area (Å²) in [5.74, 6) is -0.0479. The minimum Gasteiger partial charge on any atom is -0.497 e. The molecule has 3 aromatic rings. The molecule has 8 heteroatoms. The summed E-state index contributed by atoms with van der Waals surface area (Å²) in [6, 6.07) is 21.7. The Bertz CT molecular complexity index is 1190. The van der Waals surface area contributed by atoms with Crippen LogP contribution in [0.1, 0.15) is 36.0 Å². The Labute approximate surface area is 227 Å². The number of ether oxygens (including phenoxy) is 4. The largest absolute Gasteiger partial charge is 0.497 e. The third-order valence-corrected chi connectivity index (χ3v) is 6.44. The standard InChI is InChI=1S/C31H33F3O5/c1-36-26-18-13-23(14-19-26)9-7-8-12-28(22-17-24-15-20-27(37-2)21-16-24)39-29(35)30(38-3,31(32,33)34)25-10-5-4-6-11-25/h4-7,9-11,13-16,18-21,28H,8,12,17,22H2,1-3H3/b9-7+/t28-,30+/m1/s1. The topological polar surface area (TPSA) is 54.0 Å². The summed E-state index contributed by atoms with van der Waals surface area (Å²) in [6.07, 6.45) is -0.343. The fraction of sp³-hybridized carbons (Fsp3) is 0.323. The van der Waals surface area contributed by atoms with Crippen LogP contribution in [0.4, 0.5) is 13.2 Å². The van der Waals surface area contributed by atoms with E-state index in [1.165, 1.54) is 24.3 Å². The summed E-state index contributed by atoms with van der Waals surface area (Å²) >= 11 is 0. The third-order valence-electron chi connectivity index (χ3n) is 6.44. The molecular formula is C31H33F3O5. The monoisotopic (exact) mass is 542 g/mol. The van der Waals surface area contributed by atoms with Gasteiger partial charge in [0.25, 0.3) is 5.60 Å². The first-order valence-corrected chi connectivity index (χ1v) is 12.6. The molecule has 0 aliphatic heterocycles. The molecule has 0 radical (unpaired) electrons. The van der Waals surface area contributed by atoms with Crippen LogP contribution in [0, 0.1) is 0 Å². The van der Waals surface area contributed by atoms with Crippen molar-refractivity contribution in [2.24, 2.45) is 0 Å². The fourth-order valence-electron chi connectivity index (χ4n) is 4.22. The summed E-state index contributed by atoms with van der Waals surface area (Å²) in [6.45, 7) is 0. The van der Waals surface area contributed by atoms with E-state index in [2.05, 4.69) is 0 Å². The quantitative estimate of drug-likeness (QED) is 0.215. The normalized spacial score (nSPS) is 14.0. The van der Waals surface area contributed by atoms with E-state index in [-0.39, 0.29) is 5.56 Å². The van der Waals surface area contributed by atoms with Gasteiger partial charge in [0.15, 0.2) is 0 Å². The van der Waals surface area contributed by atoms with E-state index in [0.29, 0.717) is 31.4 Å². The number of esters is 1. The summed E-state index contributed by atoms with van der Waals surface area (Å²) in [5.41, 5.74) is -1.67. The number of aryl methyl sites for hydroxylation is 1. The van der Waals surface area contributed by atoms with Crippen molar-refractivity contribution in [3.05, 3.63) is 102 Å². The predicted molar refractivity (Wildman–Crippen MR) is 144 cm³/mol. The SMILES string of the molecule is COc1ccc(/C=C/CC[C@H](CCc2ccc(OC)cc2)OC(=O)[C@@](OC)(c2ccccc2)C(F)(F)F)cc1. The highest BCUT2D eigenvalue weighted by atomic mass is 19.4. The van der Waals surface area contributed by atoms with Crippen LogP contribution >= 0.6 is 0 Å². The van der Waals surface area contributed by atoms with Crippen LogP contribution in [0.5, 0.6) is 11.5 Å². The first-order valence-electron chi connectivity index (χ1n) is 12.6. The van der Waals surface area contributed by atoms with Gasteiger partial charge in [-0.1, -0.05) is 66.7 Å². The number of allylic oxidation sites excluding steroid dienone is 1. The van der Waals surface area contributed by atoms with E-state index >= 15 is 0 Å². The first-order chi connectivity index (χ1) is 18.7. The highest BCUT2D eigenvalue weighted by Gasteiger charge is 2.64. The predicted octanol–water partition coefficient (Wildman–Crippen LogP) is 7.15. The van der Waals surface area contributed by atoms with E-state index in [1.54, 1.807) is 20.3 Å². The molecule has 0 N–H and O–H groups in total. The van der Waals surface area contributed by atoms with Gasteiger partial charge in [-0.25, -0.2) is 4.79 Å². The van der Waals surface area contributed by atoms with E-state index in [4.69, 9.17) is 18.9 Å². The molecule has 0 spiro atoms. The molecule has 208 valence electrons. The fourth-order valence-corrected chi connectivity index (χ4v) is 4.22. The maximum Gasteiger partial charge on any atom is 0.432 e.